The molecule has 0 bridgehead atoms. The molecule has 3 heterocycles. The van der Waals surface area contributed by atoms with Gasteiger partial charge in [0.15, 0.2) is 0 Å². The minimum Gasteiger partial charge on any atom is -0.469 e. The first-order valence-electron chi connectivity index (χ1n) is 7.52. The van der Waals surface area contributed by atoms with Crippen molar-refractivity contribution in [2.45, 2.75) is 44.2 Å². The van der Waals surface area contributed by atoms with Crippen molar-refractivity contribution in [3.05, 3.63) is 23.7 Å². The summed E-state index contributed by atoms with van der Waals surface area (Å²) in [5.74, 6) is 7.32. The van der Waals surface area contributed by atoms with Crippen molar-refractivity contribution < 1.29 is 13.9 Å². The van der Waals surface area contributed by atoms with E-state index in [-0.39, 0.29) is 11.6 Å². The van der Waals surface area contributed by atoms with Crippen molar-refractivity contribution in [2.24, 2.45) is 11.8 Å². The maximum absolute atomic E-state index is 6.01. The molecule has 5 nitrogen and oxygen atoms in total. The highest BCUT2D eigenvalue weighted by Gasteiger charge is 2.43. The first-order chi connectivity index (χ1) is 9.78. The molecule has 2 aliphatic rings. The summed E-state index contributed by atoms with van der Waals surface area (Å²) < 4.78 is 17.1. The number of nitrogens with two attached hydrogens (primary N) is 1. The molecule has 2 saturated heterocycles. The first-order valence-corrected chi connectivity index (χ1v) is 7.52. The zero-order valence-corrected chi connectivity index (χ0v) is 12.1. The van der Waals surface area contributed by atoms with Crippen LogP contribution >= 0.6 is 0 Å². The molecule has 0 amide bonds. The summed E-state index contributed by atoms with van der Waals surface area (Å²) in [6, 6.07) is 2.17. The molecule has 0 radical (unpaired) electrons. The third-order valence-corrected chi connectivity index (χ3v) is 4.69. The lowest BCUT2D eigenvalue weighted by Gasteiger charge is -2.40. The van der Waals surface area contributed by atoms with Gasteiger partial charge in [-0.15, -0.1) is 0 Å². The summed E-state index contributed by atoms with van der Waals surface area (Å²) in [6.45, 7) is 4.41. The number of nitrogens with one attached hydrogen (secondary N) is 1. The van der Waals surface area contributed by atoms with Gasteiger partial charge in [-0.25, -0.2) is 0 Å². The Labute approximate surface area is 119 Å². The second kappa shape index (κ2) is 5.85. The minimum absolute atomic E-state index is 0.0892. The van der Waals surface area contributed by atoms with E-state index in [0.717, 1.165) is 44.7 Å². The Kier molecular flexibility index (Phi) is 4.12. The quantitative estimate of drug-likeness (QED) is 0.651. The maximum atomic E-state index is 6.01. The monoisotopic (exact) mass is 280 g/mol. The van der Waals surface area contributed by atoms with E-state index in [1.165, 1.54) is 5.56 Å². The van der Waals surface area contributed by atoms with Crippen LogP contribution in [0.5, 0.6) is 0 Å². The average molecular weight is 280 g/mol. The fraction of sp³-hybridized carbons (Fsp3) is 0.733. The molecule has 0 aliphatic carbocycles. The molecule has 1 aromatic heterocycles. The van der Waals surface area contributed by atoms with Gasteiger partial charge in [0.1, 0.15) is 5.76 Å². The van der Waals surface area contributed by atoms with Gasteiger partial charge in [0.25, 0.3) is 0 Å². The van der Waals surface area contributed by atoms with Gasteiger partial charge >= 0.3 is 0 Å². The number of hydrogen-bond acceptors (Lipinski definition) is 5. The van der Waals surface area contributed by atoms with E-state index in [2.05, 4.69) is 12.3 Å². The SMILES string of the molecule is CCc1occc1C(NN)C1CCOC2(CCOC2)C1. The normalized spacial score (nSPS) is 31.8. The molecule has 5 heteroatoms. The lowest BCUT2D eigenvalue weighted by molar-refractivity contribution is -0.103. The number of ether oxygens (including phenoxy) is 2. The van der Waals surface area contributed by atoms with Gasteiger partial charge in [0, 0.05) is 31.6 Å². The molecule has 2 fully saturated rings. The van der Waals surface area contributed by atoms with Gasteiger partial charge < -0.3 is 13.9 Å². The summed E-state index contributed by atoms with van der Waals surface area (Å²) in [6.07, 6.45) is 5.65. The highest BCUT2D eigenvalue weighted by molar-refractivity contribution is 5.22. The fourth-order valence-electron chi connectivity index (χ4n) is 3.61. The van der Waals surface area contributed by atoms with Crippen LogP contribution in [0.4, 0.5) is 0 Å². The van der Waals surface area contributed by atoms with Gasteiger partial charge in [-0.1, -0.05) is 6.92 Å². The van der Waals surface area contributed by atoms with Crippen LogP contribution in [-0.4, -0.2) is 25.4 Å². The van der Waals surface area contributed by atoms with Gasteiger partial charge in [0.2, 0.25) is 0 Å². The van der Waals surface area contributed by atoms with E-state index in [1.807, 2.05) is 6.07 Å². The van der Waals surface area contributed by atoms with Gasteiger partial charge in [-0.05, 0) is 24.8 Å². The summed E-state index contributed by atoms with van der Waals surface area (Å²) in [5.41, 5.74) is 4.10. The third kappa shape index (κ3) is 2.51. The number of rotatable bonds is 4. The van der Waals surface area contributed by atoms with Crippen LogP contribution in [0.25, 0.3) is 0 Å². The van der Waals surface area contributed by atoms with Crippen LogP contribution in [0, 0.1) is 5.92 Å². The zero-order chi connectivity index (χ0) is 14.0. The fourth-order valence-corrected chi connectivity index (χ4v) is 3.61. The Morgan fingerprint density at radius 2 is 2.40 bits per heavy atom. The van der Waals surface area contributed by atoms with E-state index in [9.17, 15) is 0 Å². The number of aryl methyl sites for hydroxylation is 1. The lowest BCUT2D eigenvalue weighted by Crippen LogP contribution is -2.45. The molecular formula is C15H24N2O3. The smallest absolute Gasteiger partial charge is 0.108 e. The molecule has 0 aromatic carbocycles. The van der Waals surface area contributed by atoms with Crippen LogP contribution in [-0.2, 0) is 15.9 Å². The predicted octanol–water partition coefficient (Wildman–Crippen LogP) is 1.93. The van der Waals surface area contributed by atoms with Gasteiger partial charge in [-0.2, -0.15) is 0 Å². The average Bonchev–Trinajstić information content (AvgIpc) is 3.10. The van der Waals surface area contributed by atoms with Crippen molar-refractivity contribution in [1.82, 2.24) is 5.43 Å². The maximum Gasteiger partial charge on any atom is 0.108 e. The molecule has 3 N–H and O–H groups in total. The van der Waals surface area contributed by atoms with E-state index in [0.29, 0.717) is 12.5 Å². The zero-order valence-electron chi connectivity index (χ0n) is 12.1. The summed E-state index contributed by atoms with van der Waals surface area (Å²) in [5, 5.41) is 0. The van der Waals surface area contributed by atoms with Crippen LogP contribution in [0.15, 0.2) is 16.7 Å². The van der Waals surface area contributed by atoms with E-state index >= 15 is 0 Å². The molecule has 1 spiro atoms. The molecular weight excluding hydrogens is 256 g/mol. The van der Waals surface area contributed by atoms with Crippen LogP contribution in [0.3, 0.4) is 0 Å². The Morgan fingerprint density at radius 3 is 3.10 bits per heavy atom. The van der Waals surface area contributed by atoms with Crippen LogP contribution in [0.1, 0.15) is 43.6 Å². The molecule has 3 unspecified atom stereocenters. The molecule has 20 heavy (non-hydrogen) atoms. The molecule has 3 atom stereocenters. The van der Waals surface area contributed by atoms with Crippen LogP contribution < -0.4 is 11.3 Å². The molecule has 112 valence electrons. The second-order valence-corrected chi connectivity index (χ2v) is 5.88. The molecule has 1 aromatic rings. The number of hydrogen-bond donors (Lipinski definition) is 2. The summed E-state index contributed by atoms with van der Waals surface area (Å²) in [7, 11) is 0. The summed E-state index contributed by atoms with van der Waals surface area (Å²) in [4.78, 5) is 0. The van der Waals surface area contributed by atoms with E-state index in [4.69, 9.17) is 19.7 Å². The Balaban J connectivity index is 1.78. The largest absolute Gasteiger partial charge is 0.469 e. The number of furan rings is 1. The van der Waals surface area contributed by atoms with Crippen molar-refractivity contribution in [3.63, 3.8) is 0 Å². The van der Waals surface area contributed by atoms with Gasteiger partial charge in [-0.3, -0.25) is 11.3 Å². The summed E-state index contributed by atoms with van der Waals surface area (Å²) >= 11 is 0. The molecule has 2 aliphatic heterocycles. The first kappa shape index (κ1) is 14.1. The highest BCUT2D eigenvalue weighted by Crippen LogP contribution is 2.41. The standard InChI is InChI=1S/C15H24N2O3/c1-2-13-12(4-6-19-13)14(17-16)11-3-7-20-15(9-11)5-8-18-10-15/h4,6,11,14,17H,2-3,5,7-10,16H2,1H3. The van der Waals surface area contributed by atoms with Crippen molar-refractivity contribution in [3.8, 4) is 0 Å². The molecule has 0 saturated carbocycles. The van der Waals surface area contributed by atoms with Crippen molar-refractivity contribution >= 4 is 0 Å². The van der Waals surface area contributed by atoms with Crippen molar-refractivity contribution in [2.75, 3.05) is 19.8 Å². The van der Waals surface area contributed by atoms with Crippen molar-refractivity contribution in [1.29, 1.82) is 0 Å². The Morgan fingerprint density at radius 1 is 1.50 bits per heavy atom. The molecule has 3 rings (SSSR count). The predicted molar refractivity (Wildman–Crippen MR) is 75.0 cm³/mol. The lowest BCUT2D eigenvalue weighted by atomic mass is 9.79. The van der Waals surface area contributed by atoms with Gasteiger partial charge in [0.05, 0.1) is 24.5 Å². The highest BCUT2D eigenvalue weighted by atomic mass is 16.6. The Hall–Kier alpha value is -0.880. The van der Waals surface area contributed by atoms with E-state index < -0.39 is 0 Å². The topological polar surface area (TPSA) is 69.7 Å². The third-order valence-electron chi connectivity index (χ3n) is 4.69. The van der Waals surface area contributed by atoms with Crippen LogP contribution in [0.2, 0.25) is 0 Å². The second-order valence-electron chi connectivity index (χ2n) is 5.88. The minimum atomic E-state index is -0.0892. The Bertz CT molecular complexity index is 440. The number of hydrazine groups is 1. The van der Waals surface area contributed by atoms with E-state index in [1.54, 1.807) is 6.26 Å².